The number of azide groups is 1. The molecule has 0 aliphatic carbocycles. The zero-order valence-corrected chi connectivity index (χ0v) is 6.04. The van der Waals surface area contributed by atoms with Gasteiger partial charge in [-0.05, 0) is 17.7 Å². The first-order chi connectivity index (χ1) is 5.88. The first-order valence-electron chi connectivity index (χ1n) is 3.14. The van der Waals surface area contributed by atoms with Crippen molar-refractivity contribution in [2.24, 2.45) is 5.28 Å². The molecular weight excluding hydrogens is 158 g/mol. The standard InChI is InChI=1S/C7H5N3O2/c8-9-10-12-7-4-2-1-3-6(7)5-11/h1-5H. The fourth-order valence-corrected chi connectivity index (χ4v) is 0.723. The Hall–Kier alpha value is -2.00. The summed E-state index contributed by atoms with van der Waals surface area (Å²) in [6.07, 6.45) is 0.627. The number of carbonyl (C=O) groups is 1. The Balaban J connectivity index is 2.96. The number of benzene rings is 1. The second-order valence-electron chi connectivity index (χ2n) is 1.92. The largest absolute Gasteiger partial charge is 0.393 e. The normalized spacial score (nSPS) is 8.33. The lowest BCUT2D eigenvalue weighted by Crippen LogP contribution is -1.87. The van der Waals surface area contributed by atoms with Gasteiger partial charge in [0.1, 0.15) is 11.0 Å². The molecule has 0 saturated heterocycles. The van der Waals surface area contributed by atoms with Crippen LogP contribution < -0.4 is 4.84 Å². The van der Waals surface area contributed by atoms with E-state index in [9.17, 15) is 4.79 Å². The summed E-state index contributed by atoms with van der Waals surface area (Å²) in [5.74, 6) is 0.255. The zero-order valence-electron chi connectivity index (χ0n) is 6.04. The average Bonchev–Trinajstić information content (AvgIpc) is 2.15. The van der Waals surface area contributed by atoms with Crippen LogP contribution in [0.4, 0.5) is 0 Å². The highest BCUT2D eigenvalue weighted by molar-refractivity contribution is 5.79. The topological polar surface area (TPSA) is 75.1 Å². The lowest BCUT2D eigenvalue weighted by atomic mass is 10.2. The van der Waals surface area contributed by atoms with Crippen LogP contribution in [0.2, 0.25) is 0 Å². The van der Waals surface area contributed by atoms with Crippen LogP contribution in [0.25, 0.3) is 10.4 Å². The van der Waals surface area contributed by atoms with Crippen molar-refractivity contribution >= 4 is 6.29 Å². The Labute approximate surface area is 68.2 Å². The van der Waals surface area contributed by atoms with Crippen molar-refractivity contribution in [1.29, 1.82) is 0 Å². The molecule has 0 spiro atoms. The van der Waals surface area contributed by atoms with Crippen LogP contribution in [-0.2, 0) is 0 Å². The van der Waals surface area contributed by atoms with E-state index in [0.717, 1.165) is 0 Å². The van der Waals surface area contributed by atoms with Gasteiger partial charge in [0.25, 0.3) is 0 Å². The van der Waals surface area contributed by atoms with Crippen molar-refractivity contribution in [1.82, 2.24) is 0 Å². The number of nitrogens with zero attached hydrogens (tertiary/aromatic N) is 3. The SMILES string of the molecule is [N-]=[N+]=NOc1ccccc1C=O. The van der Waals surface area contributed by atoms with E-state index in [-0.39, 0.29) is 5.75 Å². The third-order valence-corrected chi connectivity index (χ3v) is 1.22. The third-order valence-electron chi connectivity index (χ3n) is 1.22. The maximum absolute atomic E-state index is 10.4. The molecular formula is C7H5N3O2. The van der Waals surface area contributed by atoms with Gasteiger partial charge in [-0.3, -0.25) is 4.79 Å². The molecule has 1 aromatic rings. The lowest BCUT2D eigenvalue weighted by Gasteiger charge is -1.98. The van der Waals surface area contributed by atoms with E-state index >= 15 is 0 Å². The predicted octanol–water partition coefficient (Wildman–Crippen LogP) is 2.10. The monoisotopic (exact) mass is 163 g/mol. The number of aldehydes is 1. The predicted molar refractivity (Wildman–Crippen MR) is 41.6 cm³/mol. The molecule has 0 saturated carbocycles. The Morgan fingerprint density at radius 3 is 2.92 bits per heavy atom. The van der Waals surface area contributed by atoms with Crippen LogP contribution in [-0.4, -0.2) is 6.29 Å². The van der Waals surface area contributed by atoms with Crippen molar-refractivity contribution in [2.45, 2.75) is 0 Å². The maximum Gasteiger partial charge on any atom is 0.153 e. The van der Waals surface area contributed by atoms with E-state index in [4.69, 9.17) is 5.53 Å². The van der Waals surface area contributed by atoms with Crippen LogP contribution in [0.1, 0.15) is 10.4 Å². The number of rotatable bonds is 3. The molecule has 0 amide bonds. The minimum atomic E-state index is 0.255. The van der Waals surface area contributed by atoms with Crippen molar-refractivity contribution in [3.05, 3.63) is 40.3 Å². The number of hydrogen-bond acceptors (Lipinski definition) is 3. The molecule has 0 atom stereocenters. The molecule has 0 aromatic heterocycles. The summed E-state index contributed by atoms with van der Waals surface area (Å²) in [4.78, 5) is 17.3. The van der Waals surface area contributed by atoms with Gasteiger partial charge in [-0.25, -0.2) is 0 Å². The van der Waals surface area contributed by atoms with E-state index in [1.54, 1.807) is 24.3 Å². The summed E-state index contributed by atoms with van der Waals surface area (Å²) in [6.45, 7) is 0. The highest BCUT2D eigenvalue weighted by Gasteiger charge is 1.98. The fraction of sp³-hybridized carbons (Fsp3) is 0. The van der Waals surface area contributed by atoms with Crippen molar-refractivity contribution in [3.63, 3.8) is 0 Å². The lowest BCUT2D eigenvalue weighted by molar-refractivity contribution is 0.111. The molecule has 0 aliphatic rings. The molecule has 0 aliphatic heterocycles. The molecule has 1 rings (SSSR count). The summed E-state index contributed by atoms with van der Waals surface area (Å²) in [5.41, 5.74) is 8.29. The molecule has 12 heavy (non-hydrogen) atoms. The summed E-state index contributed by atoms with van der Waals surface area (Å²) >= 11 is 0. The van der Waals surface area contributed by atoms with Crippen LogP contribution in [0.3, 0.4) is 0 Å². The molecule has 0 fully saturated rings. The highest BCUT2D eigenvalue weighted by atomic mass is 16.6. The molecule has 0 unspecified atom stereocenters. The quantitative estimate of drug-likeness (QED) is 0.225. The molecule has 5 heteroatoms. The van der Waals surface area contributed by atoms with E-state index in [1.807, 2.05) is 0 Å². The van der Waals surface area contributed by atoms with Crippen LogP contribution in [0.15, 0.2) is 29.5 Å². The number of hydrogen-bond donors (Lipinski definition) is 0. The van der Waals surface area contributed by atoms with Gasteiger partial charge in [0, 0.05) is 4.91 Å². The molecule has 1 aromatic carbocycles. The van der Waals surface area contributed by atoms with Crippen LogP contribution in [0, 0.1) is 0 Å². The van der Waals surface area contributed by atoms with Gasteiger partial charge in [-0.2, -0.15) is 0 Å². The van der Waals surface area contributed by atoms with E-state index < -0.39 is 0 Å². The Kier molecular flexibility index (Phi) is 2.70. The first kappa shape index (κ1) is 8.10. The van der Waals surface area contributed by atoms with Crippen molar-refractivity contribution in [3.8, 4) is 5.75 Å². The van der Waals surface area contributed by atoms with E-state index in [1.165, 1.54) is 0 Å². The van der Waals surface area contributed by atoms with Crippen molar-refractivity contribution in [2.75, 3.05) is 0 Å². The highest BCUT2D eigenvalue weighted by Crippen LogP contribution is 2.15. The third kappa shape index (κ3) is 1.74. The van der Waals surface area contributed by atoms with Gasteiger partial charge in [0.05, 0.1) is 5.56 Å². The molecule has 0 heterocycles. The summed E-state index contributed by atoms with van der Waals surface area (Å²) in [6, 6.07) is 6.47. The van der Waals surface area contributed by atoms with Gasteiger partial charge >= 0.3 is 0 Å². The molecule has 0 radical (unpaired) electrons. The Bertz CT molecular complexity index is 331. The van der Waals surface area contributed by atoms with Gasteiger partial charge in [-0.1, -0.05) is 12.1 Å². The van der Waals surface area contributed by atoms with Gasteiger partial charge in [0.15, 0.2) is 6.29 Å². The molecule has 60 valence electrons. The molecule has 5 nitrogen and oxygen atoms in total. The fourth-order valence-electron chi connectivity index (χ4n) is 0.723. The smallest absolute Gasteiger partial charge is 0.153 e. The first-order valence-corrected chi connectivity index (χ1v) is 3.14. The van der Waals surface area contributed by atoms with Gasteiger partial charge in [-0.15, -0.1) is 0 Å². The second-order valence-corrected chi connectivity index (χ2v) is 1.92. The summed E-state index contributed by atoms with van der Waals surface area (Å²) in [7, 11) is 0. The van der Waals surface area contributed by atoms with Crippen molar-refractivity contribution < 1.29 is 9.63 Å². The Morgan fingerprint density at radius 1 is 1.50 bits per heavy atom. The second kappa shape index (κ2) is 4.00. The number of carbonyl (C=O) groups excluding carboxylic acids is 1. The van der Waals surface area contributed by atoms with Crippen LogP contribution in [0.5, 0.6) is 5.75 Å². The van der Waals surface area contributed by atoms with Gasteiger partial charge in [0.2, 0.25) is 0 Å². The van der Waals surface area contributed by atoms with E-state index in [0.29, 0.717) is 11.8 Å². The van der Waals surface area contributed by atoms with Gasteiger partial charge < -0.3 is 4.84 Å². The average molecular weight is 163 g/mol. The van der Waals surface area contributed by atoms with E-state index in [2.05, 4.69) is 15.0 Å². The minimum absolute atomic E-state index is 0.255. The van der Waals surface area contributed by atoms with Crippen LogP contribution >= 0.6 is 0 Å². The Morgan fingerprint density at radius 2 is 2.25 bits per heavy atom. The summed E-state index contributed by atoms with van der Waals surface area (Å²) in [5, 5.41) is 2.87. The number of para-hydroxylation sites is 1. The molecule has 0 bridgehead atoms. The summed E-state index contributed by atoms with van der Waals surface area (Å²) < 4.78 is 0. The zero-order chi connectivity index (χ0) is 8.81. The maximum atomic E-state index is 10.4. The minimum Gasteiger partial charge on any atom is -0.393 e. The molecule has 0 N–H and O–H groups in total.